The van der Waals surface area contributed by atoms with E-state index in [0.29, 0.717) is 36.0 Å². The average molecular weight is 434 g/mol. The predicted octanol–water partition coefficient (Wildman–Crippen LogP) is 4.65. The molecule has 1 amide bonds. The van der Waals surface area contributed by atoms with Crippen LogP contribution in [0.25, 0.3) is 10.9 Å². The summed E-state index contributed by atoms with van der Waals surface area (Å²) in [5, 5.41) is 14.1. The highest BCUT2D eigenvalue weighted by molar-refractivity contribution is 5.98. The van der Waals surface area contributed by atoms with Crippen molar-refractivity contribution in [1.29, 1.82) is 0 Å². The van der Waals surface area contributed by atoms with Crippen molar-refractivity contribution in [3.8, 4) is 11.6 Å². The molecule has 0 spiro atoms. The summed E-state index contributed by atoms with van der Waals surface area (Å²) in [5.41, 5.74) is 2.58. The molecule has 3 N–H and O–H groups in total. The van der Waals surface area contributed by atoms with Gasteiger partial charge in [0.05, 0.1) is 11.2 Å². The fourth-order valence-corrected chi connectivity index (χ4v) is 3.19. The van der Waals surface area contributed by atoms with Gasteiger partial charge in [-0.3, -0.25) is 15.0 Å². The third kappa shape index (κ3) is 4.94. The Hall–Kier alpha value is -3.72. The van der Waals surface area contributed by atoms with Crippen LogP contribution in [0.2, 0.25) is 0 Å². The van der Waals surface area contributed by atoms with Crippen molar-refractivity contribution in [2.75, 3.05) is 5.32 Å². The second-order valence-electron chi connectivity index (χ2n) is 8.18. The molecule has 3 aromatic heterocycles. The fraction of sp³-hybridized carbons (Fsp3) is 0.304. The summed E-state index contributed by atoms with van der Waals surface area (Å²) in [7, 11) is 0. The van der Waals surface area contributed by atoms with Crippen LogP contribution in [0.15, 0.2) is 48.9 Å². The van der Waals surface area contributed by atoms with Crippen LogP contribution in [-0.2, 0) is 6.54 Å². The number of amides is 1. The number of aromatic nitrogens is 5. The van der Waals surface area contributed by atoms with E-state index in [0.717, 1.165) is 22.3 Å². The maximum absolute atomic E-state index is 12.7. The first kappa shape index (κ1) is 21.5. The molecule has 166 valence electrons. The van der Waals surface area contributed by atoms with Gasteiger partial charge in [-0.1, -0.05) is 27.7 Å². The lowest BCUT2D eigenvalue weighted by Gasteiger charge is -2.09. The minimum Gasteiger partial charge on any atom is -0.439 e. The van der Waals surface area contributed by atoms with Gasteiger partial charge in [-0.2, -0.15) is 5.10 Å². The molecule has 32 heavy (non-hydrogen) atoms. The Morgan fingerprint density at radius 2 is 1.97 bits per heavy atom. The standard InChI is InChI=1S/C23H27N7O2/c1-14(2)19-11-21(29-28-19)27-23(31)30-8-7-16-9-18(5-6-20(16)30)32-22-10-17(25-13-26-22)12-24-15(3)4/h5-11,13-15,24H,12H2,1-4H3,(H2,27,28,29,31). The average Bonchev–Trinajstić information content (AvgIpc) is 3.39. The lowest BCUT2D eigenvalue weighted by molar-refractivity contribution is 0.254. The Labute approximate surface area is 186 Å². The molecule has 0 fully saturated rings. The molecule has 9 nitrogen and oxygen atoms in total. The van der Waals surface area contributed by atoms with Crippen molar-refractivity contribution in [3.05, 3.63) is 60.3 Å². The first-order valence-corrected chi connectivity index (χ1v) is 10.6. The van der Waals surface area contributed by atoms with Gasteiger partial charge in [0.15, 0.2) is 5.82 Å². The maximum Gasteiger partial charge on any atom is 0.331 e. The zero-order valence-corrected chi connectivity index (χ0v) is 18.6. The van der Waals surface area contributed by atoms with Crippen LogP contribution in [0.3, 0.4) is 0 Å². The molecule has 0 saturated heterocycles. The highest BCUT2D eigenvalue weighted by Gasteiger charge is 2.13. The van der Waals surface area contributed by atoms with Crippen molar-refractivity contribution < 1.29 is 9.53 Å². The van der Waals surface area contributed by atoms with E-state index in [1.54, 1.807) is 10.8 Å². The lowest BCUT2D eigenvalue weighted by Crippen LogP contribution is -2.22. The SMILES string of the molecule is CC(C)NCc1cc(Oc2ccc3c(ccn3C(=O)Nc3cc(C(C)C)[nH]n3)c2)ncn1. The van der Waals surface area contributed by atoms with Gasteiger partial charge >= 0.3 is 6.03 Å². The molecule has 0 aliphatic heterocycles. The van der Waals surface area contributed by atoms with Crippen LogP contribution >= 0.6 is 0 Å². The van der Waals surface area contributed by atoms with Crippen molar-refractivity contribution in [2.45, 2.75) is 46.2 Å². The van der Waals surface area contributed by atoms with E-state index in [1.165, 1.54) is 6.33 Å². The predicted molar refractivity (Wildman–Crippen MR) is 123 cm³/mol. The van der Waals surface area contributed by atoms with Gasteiger partial charge in [-0.05, 0) is 30.2 Å². The van der Waals surface area contributed by atoms with Gasteiger partial charge in [-0.25, -0.2) is 14.8 Å². The van der Waals surface area contributed by atoms with E-state index in [1.807, 2.05) is 36.4 Å². The van der Waals surface area contributed by atoms with Gasteiger partial charge in [0.1, 0.15) is 12.1 Å². The van der Waals surface area contributed by atoms with E-state index in [9.17, 15) is 4.79 Å². The quantitative estimate of drug-likeness (QED) is 0.391. The van der Waals surface area contributed by atoms with E-state index >= 15 is 0 Å². The zero-order valence-electron chi connectivity index (χ0n) is 18.6. The number of carbonyl (C=O) groups excluding carboxylic acids is 1. The summed E-state index contributed by atoms with van der Waals surface area (Å²) < 4.78 is 7.47. The van der Waals surface area contributed by atoms with Crippen molar-refractivity contribution in [3.63, 3.8) is 0 Å². The van der Waals surface area contributed by atoms with Crippen molar-refractivity contribution in [1.82, 2.24) is 30.0 Å². The Morgan fingerprint density at radius 1 is 1.12 bits per heavy atom. The van der Waals surface area contributed by atoms with Crippen LogP contribution in [-0.4, -0.2) is 36.8 Å². The van der Waals surface area contributed by atoms with Crippen LogP contribution in [0.5, 0.6) is 11.6 Å². The summed E-state index contributed by atoms with van der Waals surface area (Å²) in [5.74, 6) is 1.89. The Bertz CT molecular complexity index is 1230. The van der Waals surface area contributed by atoms with E-state index in [2.05, 4.69) is 58.5 Å². The summed E-state index contributed by atoms with van der Waals surface area (Å²) in [4.78, 5) is 21.2. The number of carbonyl (C=O) groups is 1. The summed E-state index contributed by atoms with van der Waals surface area (Å²) in [6.45, 7) is 8.92. The fourth-order valence-electron chi connectivity index (χ4n) is 3.19. The molecule has 4 rings (SSSR count). The largest absolute Gasteiger partial charge is 0.439 e. The molecule has 0 atom stereocenters. The normalized spacial score (nSPS) is 11.4. The second kappa shape index (κ2) is 9.19. The third-order valence-corrected chi connectivity index (χ3v) is 4.95. The monoisotopic (exact) mass is 433 g/mol. The number of nitrogens with zero attached hydrogens (tertiary/aromatic N) is 4. The van der Waals surface area contributed by atoms with Gasteiger partial charge in [0.25, 0.3) is 0 Å². The van der Waals surface area contributed by atoms with Crippen molar-refractivity contribution >= 4 is 22.8 Å². The van der Waals surface area contributed by atoms with E-state index < -0.39 is 0 Å². The number of hydrogen-bond donors (Lipinski definition) is 3. The summed E-state index contributed by atoms with van der Waals surface area (Å²) in [6.07, 6.45) is 3.21. The maximum atomic E-state index is 12.7. The minimum absolute atomic E-state index is 0.284. The molecule has 9 heteroatoms. The second-order valence-corrected chi connectivity index (χ2v) is 8.18. The van der Waals surface area contributed by atoms with Crippen LogP contribution in [0, 0.1) is 0 Å². The minimum atomic E-state index is -0.284. The zero-order chi connectivity index (χ0) is 22.7. The van der Waals surface area contributed by atoms with E-state index in [-0.39, 0.29) is 6.03 Å². The van der Waals surface area contributed by atoms with Crippen LogP contribution in [0.1, 0.15) is 45.0 Å². The molecule has 3 heterocycles. The number of anilines is 1. The third-order valence-electron chi connectivity index (χ3n) is 4.95. The summed E-state index contributed by atoms with van der Waals surface area (Å²) >= 11 is 0. The Morgan fingerprint density at radius 3 is 2.72 bits per heavy atom. The molecule has 0 radical (unpaired) electrons. The van der Waals surface area contributed by atoms with Crippen molar-refractivity contribution in [2.24, 2.45) is 0 Å². The molecular formula is C23H27N7O2. The van der Waals surface area contributed by atoms with E-state index in [4.69, 9.17) is 4.74 Å². The van der Waals surface area contributed by atoms with Crippen LogP contribution < -0.4 is 15.4 Å². The Kier molecular flexibility index (Phi) is 6.18. The van der Waals surface area contributed by atoms with Gasteiger partial charge in [0, 0.05) is 42.0 Å². The molecule has 0 aliphatic rings. The number of ether oxygens (including phenoxy) is 1. The van der Waals surface area contributed by atoms with Gasteiger partial charge in [-0.15, -0.1) is 0 Å². The molecule has 1 aromatic carbocycles. The van der Waals surface area contributed by atoms with Gasteiger partial charge < -0.3 is 10.1 Å². The smallest absolute Gasteiger partial charge is 0.331 e. The number of fused-ring (bicyclic) bond motifs is 1. The molecule has 0 saturated carbocycles. The first-order valence-electron chi connectivity index (χ1n) is 10.6. The molecular weight excluding hydrogens is 406 g/mol. The summed E-state index contributed by atoms with van der Waals surface area (Å²) in [6, 6.07) is 11.1. The number of nitrogens with one attached hydrogen (secondary N) is 3. The molecule has 0 aliphatic carbocycles. The molecule has 0 unspecified atom stereocenters. The number of benzene rings is 1. The van der Waals surface area contributed by atoms with Gasteiger partial charge in [0.2, 0.25) is 5.88 Å². The Balaban J connectivity index is 1.48. The number of rotatable bonds is 7. The molecule has 0 bridgehead atoms. The number of H-pyrrole nitrogens is 1. The highest BCUT2D eigenvalue weighted by atomic mass is 16.5. The van der Waals surface area contributed by atoms with Crippen LogP contribution in [0.4, 0.5) is 10.6 Å². The number of aromatic amines is 1. The highest BCUT2D eigenvalue weighted by Crippen LogP contribution is 2.26. The number of hydrogen-bond acceptors (Lipinski definition) is 6. The first-order chi connectivity index (χ1) is 15.4. The molecule has 4 aromatic rings. The lowest BCUT2D eigenvalue weighted by atomic mass is 10.1. The topological polar surface area (TPSA) is 110 Å².